The lowest BCUT2D eigenvalue weighted by molar-refractivity contribution is -0.305. The molecule has 1 aliphatic rings. The summed E-state index contributed by atoms with van der Waals surface area (Å²) < 4.78 is 17.7. The second kappa shape index (κ2) is 61.1. The van der Waals surface area contributed by atoms with E-state index in [1.54, 1.807) is 6.08 Å². The molecule has 0 aromatic rings. The van der Waals surface area contributed by atoms with Crippen LogP contribution in [0.2, 0.25) is 0 Å². The molecule has 1 aliphatic heterocycles. The molecule has 494 valence electrons. The fourth-order valence-corrected chi connectivity index (χ4v) is 11.6. The zero-order valence-electron chi connectivity index (χ0n) is 55.0. The maximum atomic E-state index is 13.5. The van der Waals surface area contributed by atoms with Gasteiger partial charge in [-0.05, 0) is 57.8 Å². The summed E-state index contributed by atoms with van der Waals surface area (Å²) in [5, 5.41) is 57.3. The second-order valence-corrected chi connectivity index (χ2v) is 25.3. The molecule has 11 heteroatoms. The summed E-state index contributed by atoms with van der Waals surface area (Å²) in [6, 6.07) is -1.02. The summed E-state index contributed by atoms with van der Waals surface area (Å²) in [4.78, 5) is 26.7. The van der Waals surface area contributed by atoms with Gasteiger partial charge in [-0.25, -0.2) is 0 Å². The number of hydrogen-bond acceptors (Lipinski definition) is 10. The van der Waals surface area contributed by atoms with Crippen LogP contribution in [0, 0.1) is 0 Å². The first kappa shape index (κ1) is 79.9. The van der Waals surface area contributed by atoms with Crippen LogP contribution in [0.15, 0.2) is 36.5 Å². The molecule has 1 heterocycles. The van der Waals surface area contributed by atoms with Crippen molar-refractivity contribution in [1.29, 1.82) is 0 Å². The van der Waals surface area contributed by atoms with Crippen molar-refractivity contribution in [3.63, 3.8) is 0 Å². The fraction of sp³-hybridized carbons (Fsp3) is 0.890. The number of carbonyl (C=O) groups excluding carboxylic acids is 2. The molecule has 0 aromatic heterocycles. The molecule has 84 heavy (non-hydrogen) atoms. The van der Waals surface area contributed by atoms with Crippen LogP contribution in [0.3, 0.4) is 0 Å². The summed E-state index contributed by atoms with van der Waals surface area (Å²) in [6.07, 6.45) is 64.7. The SMILES string of the molecule is CCCCC/C=C\C/C=C\CCCCCCCCCCCCCC(=O)OC1C(OCC(NC(=O)C(O)CCCCCCCCCCCCCCCCCCCCCCCC)C(O)/C=C/CCCCCCCCCCCC)OC(CO)C(O)C1O. The van der Waals surface area contributed by atoms with E-state index in [1.165, 1.54) is 244 Å². The summed E-state index contributed by atoms with van der Waals surface area (Å²) >= 11 is 0. The lowest BCUT2D eigenvalue weighted by atomic mass is 9.99. The summed E-state index contributed by atoms with van der Waals surface area (Å²) in [6.45, 7) is 5.82. The molecule has 8 unspecified atom stereocenters. The highest BCUT2D eigenvalue weighted by molar-refractivity contribution is 5.80. The lowest BCUT2D eigenvalue weighted by Gasteiger charge is -2.41. The van der Waals surface area contributed by atoms with E-state index in [9.17, 15) is 35.1 Å². The van der Waals surface area contributed by atoms with Gasteiger partial charge in [0.05, 0.1) is 25.4 Å². The molecule has 0 aliphatic carbocycles. The molecule has 1 amide bonds. The van der Waals surface area contributed by atoms with E-state index in [-0.39, 0.29) is 13.0 Å². The molecule has 0 radical (unpaired) electrons. The minimum Gasteiger partial charge on any atom is -0.454 e. The number of nitrogens with one attached hydrogen (secondary N) is 1. The van der Waals surface area contributed by atoms with Gasteiger partial charge < -0.3 is 45.1 Å². The zero-order chi connectivity index (χ0) is 61.0. The van der Waals surface area contributed by atoms with Gasteiger partial charge in [0.15, 0.2) is 12.4 Å². The van der Waals surface area contributed by atoms with Crippen LogP contribution in [-0.4, -0.2) is 99.6 Å². The summed E-state index contributed by atoms with van der Waals surface area (Å²) in [5.41, 5.74) is 0. The van der Waals surface area contributed by atoms with Crippen LogP contribution in [0.25, 0.3) is 0 Å². The third-order valence-electron chi connectivity index (χ3n) is 17.3. The minimum absolute atomic E-state index is 0.124. The van der Waals surface area contributed by atoms with Gasteiger partial charge in [0.1, 0.15) is 24.4 Å². The molecule has 1 saturated heterocycles. The van der Waals surface area contributed by atoms with Gasteiger partial charge >= 0.3 is 5.97 Å². The Hall–Kier alpha value is -2.12. The largest absolute Gasteiger partial charge is 0.454 e. The van der Waals surface area contributed by atoms with E-state index < -0.39 is 67.4 Å². The highest BCUT2D eigenvalue weighted by atomic mass is 16.7. The molecule has 8 atom stereocenters. The number of ether oxygens (including phenoxy) is 3. The van der Waals surface area contributed by atoms with E-state index in [0.29, 0.717) is 19.3 Å². The molecule has 11 nitrogen and oxygen atoms in total. The van der Waals surface area contributed by atoms with Gasteiger partial charge in [-0.1, -0.05) is 327 Å². The molecular formula is C73H137NO10. The quantitative estimate of drug-likeness (QED) is 0.0195. The van der Waals surface area contributed by atoms with Crippen molar-refractivity contribution in [2.75, 3.05) is 13.2 Å². The Morgan fingerprint density at radius 2 is 0.821 bits per heavy atom. The van der Waals surface area contributed by atoms with E-state index in [4.69, 9.17) is 14.2 Å². The number of esters is 1. The van der Waals surface area contributed by atoms with Crippen LogP contribution in [0.5, 0.6) is 0 Å². The first-order valence-electron chi connectivity index (χ1n) is 36.3. The predicted octanol–water partition coefficient (Wildman–Crippen LogP) is 18.6. The van der Waals surface area contributed by atoms with Crippen LogP contribution < -0.4 is 5.32 Å². The molecule has 0 aromatic carbocycles. The Morgan fingerprint density at radius 3 is 1.24 bits per heavy atom. The zero-order valence-corrected chi connectivity index (χ0v) is 55.0. The average molecular weight is 1190 g/mol. The third kappa shape index (κ3) is 47.9. The van der Waals surface area contributed by atoms with Crippen molar-refractivity contribution in [2.45, 2.75) is 404 Å². The standard InChI is InChI=1S/C73H137NO10/c1-4-7-10-13-16-19-22-25-27-29-31-33-35-36-38-40-42-45-48-51-54-57-60-66(77)72(81)74-64(65(76)59-56-53-50-47-44-24-21-18-15-12-9-6-3)63-82-73-71(70(80)69(79)67(62-75)83-73)84-68(78)61-58-55-52-49-46-43-41-39-37-34-32-30-28-26-23-20-17-14-11-8-5-2/h17,20,26,28,56,59,64-67,69-71,73,75-77,79-80H,4-16,18-19,21-25,27,29-55,57-58,60-63H2,1-3H3,(H,74,81)/b20-17-,28-26-,59-56+. The predicted molar refractivity (Wildman–Crippen MR) is 352 cm³/mol. The normalized spacial score (nSPS) is 18.6. The maximum Gasteiger partial charge on any atom is 0.306 e. The Labute approximate surface area is 517 Å². The Bertz CT molecular complexity index is 1510. The lowest BCUT2D eigenvalue weighted by Crippen LogP contribution is -2.61. The monoisotopic (exact) mass is 1190 g/mol. The summed E-state index contributed by atoms with van der Waals surface area (Å²) in [5.74, 6) is -1.18. The van der Waals surface area contributed by atoms with Gasteiger partial charge in [-0.15, -0.1) is 0 Å². The fourth-order valence-electron chi connectivity index (χ4n) is 11.6. The molecule has 0 spiro atoms. The number of carbonyl (C=O) groups is 2. The molecular weight excluding hydrogens is 1050 g/mol. The van der Waals surface area contributed by atoms with Gasteiger partial charge in [0.2, 0.25) is 5.91 Å². The smallest absolute Gasteiger partial charge is 0.306 e. The van der Waals surface area contributed by atoms with E-state index in [1.807, 2.05) is 6.08 Å². The molecule has 0 saturated carbocycles. The topological polar surface area (TPSA) is 175 Å². The Kier molecular flexibility index (Phi) is 58.1. The number of unbranched alkanes of at least 4 members (excludes halogenated alkanes) is 45. The van der Waals surface area contributed by atoms with Crippen LogP contribution in [0.4, 0.5) is 0 Å². The molecule has 1 rings (SSSR count). The van der Waals surface area contributed by atoms with Crippen LogP contribution >= 0.6 is 0 Å². The first-order valence-corrected chi connectivity index (χ1v) is 36.3. The number of aliphatic hydroxyl groups is 5. The molecule has 6 N–H and O–H groups in total. The maximum absolute atomic E-state index is 13.5. The molecule has 0 bridgehead atoms. The number of rotatable bonds is 63. The van der Waals surface area contributed by atoms with E-state index >= 15 is 0 Å². The highest BCUT2D eigenvalue weighted by Gasteiger charge is 2.47. The Balaban J connectivity index is 2.56. The Morgan fingerprint density at radius 1 is 0.464 bits per heavy atom. The van der Waals surface area contributed by atoms with Gasteiger partial charge in [-0.3, -0.25) is 9.59 Å². The number of allylic oxidation sites excluding steroid dienone is 5. The van der Waals surface area contributed by atoms with Crippen molar-refractivity contribution in [2.24, 2.45) is 0 Å². The second-order valence-electron chi connectivity index (χ2n) is 25.3. The first-order chi connectivity index (χ1) is 41.2. The van der Waals surface area contributed by atoms with Gasteiger partial charge in [-0.2, -0.15) is 0 Å². The number of amides is 1. The highest BCUT2D eigenvalue weighted by Crippen LogP contribution is 2.26. The van der Waals surface area contributed by atoms with Crippen molar-refractivity contribution in [3.05, 3.63) is 36.5 Å². The van der Waals surface area contributed by atoms with E-state index in [0.717, 1.165) is 64.2 Å². The van der Waals surface area contributed by atoms with Crippen molar-refractivity contribution in [3.8, 4) is 0 Å². The van der Waals surface area contributed by atoms with Crippen molar-refractivity contribution in [1.82, 2.24) is 5.32 Å². The van der Waals surface area contributed by atoms with Gasteiger partial charge in [0, 0.05) is 6.42 Å². The van der Waals surface area contributed by atoms with Crippen LogP contribution in [-0.2, 0) is 23.8 Å². The van der Waals surface area contributed by atoms with E-state index in [2.05, 4.69) is 50.4 Å². The number of aliphatic hydroxyl groups excluding tert-OH is 5. The van der Waals surface area contributed by atoms with Crippen molar-refractivity contribution >= 4 is 11.9 Å². The average Bonchev–Trinajstić information content (AvgIpc) is 3.69. The van der Waals surface area contributed by atoms with Gasteiger partial charge in [0.25, 0.3) is 0 Å². The number of hydrogen-bond donors (Lipinski definition) is 6. The van der Waals surface area contributed by atoms with Crippen LogP contribution in [0.1, 0.15) is 355 Å². The van der Waals surface area contributed by atoms with Crippen molar-refractivity contribution < 1.29 is 49.3 Å². The molecule has 1 fully saturated rings. The summed E-state index contributed by atoms with van der Waals surface area (Å²) in [7, 11) is 0. The third-order valence-corrected chi connectivity index (χ3v) is 17.3. The minimum atomic E-state index is -1.61.